The molecule has 0 fully saturated rings. The third-order valence-corrected chi connectivity index (χ3v) is 6.52. The predicted molar refractivity (Wildman–Crippen MR) is 151 cm³/mol. The molecule has 1 N–H and O–H groups in total. The summed E-state index contributed by atoms with van der Waals surface area (Å²) in [7, 11) is 4.11. The molecule has 0 aliphatic carbocycles. The van der Waals surface area contributed by atoms with Gasteiger partial charge in [0, 0.05) is 49.4 Å². The van der Waals surface area contributed by atoms with Crippen LogP contribution in [-0.4, -0.2) is 48.0 Å². The molecule has 0 unspecified atom stereocenters. The predicted octanol–water partition coefficient (Wildman–Crippen LogP) is 5.84. The zero-order chi connectivity index (χ0) is 26.3. The number of nitrogens with one attached hydrogen (secondary N) is 1. The van der Waals surface area contributed by atoms with Crippen LogP contribution in [0.4, 0.5) is 0 Å². The largest absolute Gasteiger partial charge is 0.351 e. The number of nitrogens with zero attached hydrogens (tertiary/aromatic N) is 3. The van der Waals surface area contributed by atoms with Crippen molar-refractivity contribution in [2.24, 2.45) is 5.41 Å². The number of pyridine rings is 2. The molecule has 2 aromatic heterocycles. The van der Waals surface area contributed by atoms with Crippen LogP contribution >= 0.6 is 0 Å². The first kappa shape index (κ1) is 26.2. The average molecular weight is 493 g/mol. The molecule has 0 spiro atoms. The van der Waals surface area contributed by atoms with E-state index in [0.29, 0.717) is 12.1 Å². The van der Waals surface area contributed by atoms with E-state index in [9.17, 15) is 4.79 Å². The summed E-state index contributed by atoms with van der Waals surface area (Å²) in [4.78, 5) is 23.9. The lowest BCUT2D eigenvalue weighted by Crippen LogP contribution is -2.39. The van der Waals surface area contributed by atoms with Crippen molar-refractivity contribution in [1.82, 2.24) is 20.2 Å². The first-order valence-electron chi connectivity index (χ1n) is 12.7. The Morgan fingerprint density at radius 1 is 0.892 bits per heavy atom. The Morgan fingerprint density at radius 2 is 1.57 bits per heavy atom. The Hall–Kier alpha value is -3.83. The number of hydrogen-bond donors (Lipinski definition) is 1. The van der Waals surface area contributed by atoms with Crippen LogP contribution in [0.3, 0.4) is 0 Å². The SMILES string of the molecule is CN(C)CC(C)(C)CNC(=O)c1cccc(-c2ccccc2CC(c2cccnc2)c2cccnc2)c1. The molecule has 2 aromatic carbocycles. The van der Waals surface area contributed by atoms with Crippen molar-refractivity contribution in [3.05, 3.63) is 120 Å². The lowest BCUT2D eigenvalue weighted by Gasteiger charge is -2.28. The van der Waals surface area contributed by atoms with Gasteiger partial charge in [-0.2, -0.15) is 0 Å². The first-order valence-corrected chi connectivity index (χ1v) is 12.7. The molecule has 5 heteroatoms. The highest BCUT2D eigenvalue weighted by molar-refractivity contribution is 5.95. The van der Waals surface area contributed by atoms with E-state index in [4.69, 9.17) is 0 Å². The van der Waals surface area contributed by atoms with Crippen molar-refractivity contribution in [2.45, 2.75) is 26.2 Å². The monoisotopic (exact) mass is 492 g/mol. The zero-order valence-corrected chi connectivity index (χ0v) is 22.2. The summed E-state index contributed by atoms with van der Waals surface area (Å²) < 4.78 is 0. The van der Waals surface area contributed by atoms with Gasteiger partial charge < -0.3 is 10.2 Å². The van der Waals surface area contributed by atoms with Crippen molar-refractivity contribution in [2.75, 3.05) is 27.2 Å². The average Bonchev–Trinajstić information content (AvgIpc) is 2.91. The molecule has 0 bridgehead atoms. The fourth-order valence-corrected chi connectivity index (χ4v) is 4.95. The molecule has 0 atom stereocenters. The molecule has 5 nitrogen and oxygen atoms in total. The van der Waals surface area contributed by atoms with Gasteiger partial charge in [-0.1, -0.05) is 62.4 Å². The summed E-state index contributed by atoms with van der Waals surface area (Å²) in [5.74, 6) is 0.0729. The normalized spacial score (nSPS) is 11.6. The van der Waals surface area contributed by atoms with Crippen LogP contribution in [0.5, 0.6) is 0 Å². The summed E-state index contributed by atoms with van der Waals surface area (Å²) in [5, 5.41) is 3.13. The Balaban J connectivity index is 1.60. The number of rotatable bonds is 10. The molecular formula is C32H36N4O. The summed E-state index contributed by atoms with van der Waals surface area (Å²) in [6.07, 6.45) is 8.26. The molecule has 190 valence electrons. The van der Waals surface area contributed by atoms with Gasteiger partial charge >= 0.3 is 0 Å². The van der Waals surface area contributed by atoms with Crippen molar-refractivity contribution >= 4 is 5.91 Å². The molecule has 0 saturated heterocycles. The minimum absolute atomic E-state index is 0.0169. The molecule has 0 radical (unpaired) electrons. The third kappa shape index (κ3) is 7.11. The Morgan fingerprint density at radius 3 is 2.19 bits per heavy atom. The van der Waals surface area contributed by atoms with Gasteiger partial charge in [-0.05, 0) is 78.0 Å². The molecule has 0 saturated carbocycles. The Labute approximate surface area is 220 Å². The van der Waals surface area contributed by atoms with Crippen molar-refractivity contribution < 1.29 is 4.79 Å². The summed E-state index contributed by atoms with van der Waals surface area (Å²) in [5.41, 5.74) is 6.33. The topological polar surface area (TPSA) is 58.1 Å². The van der Waals surface area contributed by atoms with Crippen LogP contribution in [0, 0.1) is 5.41 Å². The second-order valence-electron chi connectivity index (χ2n) is 10.7. The number of amides is 1. The van der Waals surface area contributed by atoms with Crippen molar-refractivity contribution in [1.29, 1.82) is 0 Å². The number of aromatic nitrogens is 2. The van der Waals surface area contributed by atoms with Gasteiger partial charge in [0.15, 0.2) is 0 Å². The highest BCUT2D eigenvalue weighted by Crippen LogP contribution is 2.32. The van der Waals surface area contributed by atoms with Crippen LogP contribution in [0.1, 0.15) is 46.8 Å². The van der Waals surface area contributed by atoms with Crippen LogP contribution in [-0.2, 0) is 6.42 Å². The van der Waals surface area contributed by atoms with E-state index < -0.39 is 0 Å². The number of carbonyl (C=O) groups is 1. The lowest BCUT2D eigenvalue weighted by atomic mass is 9.85. The summed E-state index contributed by atoms with van der Waals surface area (Å²) in [6, 6.07) is 24.6. The van der Waals surface area contributed by atoms with E-state index in [1.54, 1.807) is 12.4 Å². The highest BCUT2D eigenvalue weighted by Gasteiger charge is 2.21. The van der Waals surface area contributed by atoms with Gasteiger partial charge in [0.2, 0.25) is 0 Å². The maximum absolute atomic E-state index is 13.1. The number of carbonyl (C=O) groups excluding carboxylic acids is 1. The van der Waals surface area contributed by atoms with Crippen LogP contribution in [0.15, 0.2) is 97.6 Å². The highest BCUT2D eigenvalue weighted by atomic mass is 16.1. The minimum atomic E-state index is -0.0465. The molecule has 37 heavy (non-hydrogen) atoms. The summed E-state index contributed by atoms with van der Waals surface area (Å²) >= 11 is 0. The van der Waals surface area contributed by atoms with Gasteiger partial charge in [0.25, 0.3) is 5.91 Å². The number of benzene rings is 2. The van der Waals surface area contributed by atoms with Gasteiger partial charge in [-0.3, -0.25) is 14.8 Å². The van der Waals surface area contributed by atoms with E-state index in [1.165, 1.54) is 5.56 Å². The molecule has 1 amide bonds. The van der Waals surface area contributed by atoms with Gasteiger partial charge in [-0.15, -0.1) is 0 Å². The van der Waals surface area contributed by atoms with Crippen molar-refractivity contribution in [3.8, 4) is 11.1 Å². The maximum Gasteiger partial charge on any atom is 0.251 e. The Bertz CT molecular complexity index is 1260. The molecule has 0 aliphatic rings. The second kappa shape index (κ2) is 11.9. The van der Waals surface area contributed by atoms with E-state index in [1.807, 2.05) is 42.7 Å². The summed E-state index contributed by atoms with van der Waals surface area (Å²) in [6.45, 7) is 5.85. The fraction of sp³-hybridized carbons (Fsp3) is 0.281. The van der Waals surface area contributed by atoms with Crippen LogP contribution in [0.2, 0.25) is 0 Å². The number of hydrogen-bond acceptors (Lipinski definition) is 4. The molecule has 2 heterocycles. The third-order valence-electron chi connectivity index (χ3n) is 6.52. The molecule has 4 rings (SSSR count). The smallest absolute Gasteiger partial charge is 0.251 e. The van der Waals surface area contributed by atoms with Gasteiger partial charge in [0.05, 0.1) is 0 Å². The fourth-order valence-electron chi connectivity index (χ4n) is 4.95. The maximum atomic E-state index is 13.1. The zero-order valence-electron chi connectivity index (χ0n) is 22.2. The molecular weight excluding hydrogens is 456 g/mol. The second-order valence-corrected chi connectivity index (χ2v) is 10.7. The van der Waals surface area contributed by atoms with E-state index in [-0.39, 0.29) is 17.2 Å². The van der Waals surface area contributed by atoms with E-state index >= 15 is 0 Å². The van der Waals surface area contributed by atoms with Crippen LogP contribution < -0.4 is 5.32 Å². The lowest BCUT2D eigenvalue weighted by molar-refractivity contribution is 0.0929. The van der Waals surface area contributed by atoms with Gasteiger partial charge in [-0.25, -0.2) is 0 Å². The standard InChI is InChI=1S/C32H36N4O/c1-32(2,23-36(3)4)22-35-31(37)26-12-7-11-24(18-26)29-15-6-5-10-25(29)19-30(27-13-8-16-33-20-27)28-14-9-17-34-21-28/h5-18,20-21,30H,19,22-23H2,1-4H3,(H,35,37). The van der Waals surface area contributed by atoms with Crippen LogP contribution in [0.25, 0.3) is 11.1 Å². The van der Waals surface area contributed by atoms with E-state index in [2.05, 4.69) is 90.6 Å². The quantitative estimate of drug-likeness (QED) is 0.302. The molecule has 0 aliphatic heterocycles. The Kier molecular flexibility index (Phi) is 8.47. The van der Waals surface area contributed by atoms with Gasteiger partial charge in [0.1, 0.15) is 0 Å². The van der Waals surface area contributed by atoms with Crippen molar-refractivity contribution in [3.63, 3.8) is 0 Å². The van der Waals surface area contributed by atoms with E-state index in [0.717, 1.165) is 35.2 Å². The minimum Gasteiger partial charge on any atom is -0.351 e. The first-order chi connectivity index (χ1) is 17.8. The molecule has 4 aromatic rings.